The maximum Gasteiger partial charge on any atom is 0.254 e. The molecule has 22 heavy (non-hydrogen) atoms. The fraction of sp³-hybridized carbons (Fsp3) is 0.588. The minimum atomic E-state index is -0.552. The zero-order chi connectivity index (χ0) is 15.8. The molecule has 2 rings (SSSR count). The standard InChI is InChI=1S/C17H25FN2O2/c1-22-14-7-8-15(16(18)13-14)17(21)19-9-6-12-20-10-4-2-3-5-11-20/h7-8,13H,2-6,9-12H2,1H3,(H,19,21). The van der Waals surface area contributed by atoms with Crippen LogP contribution in [0.4, 0.5) is 4.39 Å². The molecule has 0 unspecified atom stereocenters. The lowest BCUT2D eigenvalue weighted by Gasteiger charge is -2.19. The first-order chi connectivity index (χ1) is 10.7. The van der Waals surface area contributed by atoms with E-state index in [0.717, 1.165) is 26.1 Å². The first-order valence-electron chi connectivity index (χ1n) is 8.05. The van der Waals surface area contributed by atoms with Gasteiger partial charge in [0.05, 0.1) is 12.7 Å². The molecule has 0 aromatic heterocycles. The van der Waals surface area contributed by atoms with Crippen molar-refractivity contribution in [1.82, 2.24) is 10.2 Å². The lowest BCUT2D eigenvalue weighted by Crippen LogP contribution is -2.31. The molecule has 1 aromatic carbocycles. The molecule has 0 atom stereocenters. The molecule has 1 N–H and O–H groups in total. The maximum atomic E-state index is 13.8. The number of halogens is 1. The topological polar surface area (TPSA) is 41.6 Å². The van der Waals surface area contributed by atoms with E-state index >= 15 is 0 Å². The van der Waals surface area contributed by atoms with E-state index in [4.69, 9.17) is 4.74 Å². The molecule has 1 aliphatic rings. The van der Waals surface area contributed by atoms with Gasteiger partial charge in [0.25, 0.3) is 5.91 Å². The zero-order valence-corrected chi connectivity index (χ0v) is 13.2. The van der Waals surface area contributed by atoms with Gasteiger partial charge in [-0.25, -0.2) is 4.39 Å². The van der Waals surface area contributed by atoms with Crippen molar-refractivity contribution >= 4 is 5.91 Å². The Bertz CT molecular complexity index is 486. The zero-order valence-electron chi connectivity index (χ0n) is 13.2. The van der Waals surface area contributed by atoms with Crippen LogP contribution in [0.1, 0.15) is 42.5 Å². The van der Waals surface area contributed by atoms with Crippen molar-refractivity contribution in [2.75, 3.05) is 33.3 Å². The summed E-state index contributed by atoms with van der Waals surface area (Å²) >= 11 is 0. The molecular weight excluding hydrogens is 283 g/mol. The fourth-order valence-electron chi connectivity index (χ4n) is 2.77. The van der Waals surface area contributed by atoms with Gasteiger partial charge in [0, 0.05) is 12.6 Å². The summed E-state index contributed by atoms with van der Waals surface area (Å²) in [5.74, 6) is -0.504. The summed E-state index contributed by atoms with van der Waals surface area (Å²) in [5.41, 5.74) is 0.0653. The summed E-state index contributed by atoms with van der Waals surface area (Å²) in [6, 6.07) is 4.28. The van der Waals surface area contributed by atoms with Crippen LogP contribution in [-0.2, 0) is 0 Å². The predicted molar refractivity (Wildman–Crippen MR) is 84.8 cm³/mol. The van der Waals surface area contributed by atoms with Crippen LogP contribution in [0.25, 0.3) is 0 Å². The van der Waals surface area contributed by atoms with Gasteiger partial charge in [0.15, 0.2) is 0 Å². The number of nitrogens with zero attached hydrogens (tertiary/aromatic N) is 1. The molecule has 122 valence electrons. The molecule has 1 aromatic rings. The summed E-state index contributed by atoms with van der Waals surface area (Å²) in [5, 5.41) is 2.79. The smallest absolute Gasteiger partial charge is 0.254 e. The van der Waals surface area contributed by atoms with Crippen LogP contribution >= 0.6 is 0 Å². The number of benzene rings is 1. The van der Waals surface area contributed by atoms with E-state index in [9.17, 15) is 9.18 Å². The first-order valence-corrected chi connectivity index (χ1v) is 8.05. The lowest BCUT2D eigenvalue weighted by atomic mass is 10.2. The number of likely N-dealkylation sites (tertiary alicyclic amines) is 1. The van der Waals surface area contributed by atoms with Crippen molar-refractivity contribution in [3.8, 4) is 5.75 Å². The Morgan fingerprint density at radius 1 is 1.27 bits per heavy atom. The Kier molecular flexibility index (Phi) is 6.65. The molecular formula is C17H25FN2O2. The molecule has 1 fully saturated rings. The normalized spacial score (nSPS) is 16.1. The van der Waals surface area contributed by atoms with E-state index in [1.807, 2.05) is 0 Å². The minimum Gasteiger partial charge on any atom is -0.497 e. The van der Waals surface area contributed by atoms with Gasteiger partial charge in [-0.05, 0) is 51.0 Å². The second-order valence-electron chi connectivity index (χ2n) is 5.71. The Morgan fingerprint density at radius 2 is 2.00 bits per heavy atom. The molecule has 0 aliphatic carbocycles. The van der Waals surface area contributed by atoms with Gasteiger partial charge in [0.2, 0.25) is 0 Å². The lowest BCUT2D eigenvalue weighted by molar-refractivity contribution is 0.0947. The first kappa shape index (κ1) is 16.7. The molecule has 1 heterocycles. The predicted octanol–water partition coefficient (Wildman–Crippen LogP) is 2.83. The summed E-state index contributed by atoms with van der Waals surface area (Å²) < 4.78 is 18.7. The number of methoxy groups -OCH3 is 1. The molecule has 0 bridgehead atoms. The van der Waals surface area contributed by atoms with Gasteiger partial charge in [-0.15, -0.1) is 0 Å². The fourth-order valence-corrected chi connectivity index (χ4v) is 2.77. The summed E-state index contributed by atoms with van der Waals surface area (Å²) in [6.07, 6.45) is 6.07. The number of hydrogen-bond acceptors (Lipinski definition) is 3. The van der Waals surface area contributed by atoms with Gasteiger partial charge in [0.1, 0.15) is 11.6 Å². The monoisotopic (exact) mass is 308 g/mol. The average molecular weight is 308 g/mol. The molecule has 1 saturated heterocycles. The van der Waals surface area contributed by atoms with Crippen molar-refractivity contribution in [3.05, 3.63) is 29.6 Å². The number of hydrogen-bond donors (Lipinski definition) is 1. The van der Waals surface area contributed by atoms with Gasteiger partial charge < -0.3 is 15.0 Å². The second-order valence-corrected chi connectivity index (χ2v) is 5.71. The Labute approximate surface area is 131 Å². The number of nitrogens with one attached hydrogen (secondary N) is 1. The molecule has 0 radical (unpaired) electrons. The van der Waals surface area contributed by atoms with Gasteiger partial charge in [-0.1, -0.05) is 12.8 Å². The molecule has 1 aliphatic heterocycles. The number of carbonyl (C=O) groups is 1. The third kappa shape index (κ3) is 4.98. The van der Waals surface area contributed by atoms with Gasteiger partial charge in [-0.3, -0.25) is 4.79 Å². The molecule has 5 heteroatoms. The number of carbonyl (C=O) groups excluding carboxylic acids is 1. The second kappa shape index (κ2) is 8.73. The third-order valence-electron chi connectivity index (χ3n) is 4.06. The summed E-state index contributed by atoms with van der Waals surface area (Å²) in [6.45, 7) is 3.87. The average Bonchev–Trinajstić information content (AvgIpc) is 2.80. The number of amides is 1. The van der Waals surface area contributed by atoms with Crippen LogP contribution in [0.5, 0.6) is 5.75 Å². The van der Waals surface area contributed by atoms with Crippen molar-refractivity contribution < 1.29 is 13.9 Å². The van der Waals surface area contributed by atoms with Crippen molar-refractivity contribution in [2.45, 2.75) is 32.1 Å². The van der Waals surface area contributed by atoms with E-state index in [1.165, 1.54) is 44.9 Å². The van der Waals surface area contributed by atoms with Crippen LogP contribution in [0, 0.1) is 5.82 Å². The third-order valence-corrected chi connectivity index (χ3v) is 4.06. The maximum absolute atomic E-state index is 13.8. The van der Waals surface area contributed by atoms with E-state index in [-0.39, 0.29) is 11.5 Å². The van der Waals surface area contributed by atoms with E-state index in [1.54, 1.807) is 6.07 Å². The van der Waals surface area contributed by atoms with Crippen LogP contribution in [0.3, 0.4) is 0 Å². The SMILES string of the molecule is COc1ccc(C(=O)NCCCN2CCCCCC2)c(F)c1. The van der Waals surface area contributed by atoms with Gasteiger partial charge >= 0.3 is 0 Å². The Hall–Kier alpha value is -1.62. The van der Waals surface area contributed by atoms with E-state index < -0.39 is 5.82 Å². The van der Waals surface area contributed by atoms with Crippen LogP contribution < -0.4 is 10.1 Å². The highest BCUT2D eigenvalue weighted by atomic mass is 19.1. The molecule has 0 saturated carbocycles. The number of rotatable bonds is 6. The molecule has 4 nitrogen and oxygen atoms in total. The van der Waals surface area contributed by atoms with Crippen molar-refractivity contribution in [1.29, 1.82) is 0 Å². The largest absolute Gasteiger partial charge is 0.497 e. The van der Waals surface area contributed by atoms with E-state index in [2.05, 4.69) is 10.2 Å². The van der Waals surface area contributed by atoms with Crippen LogP contribution in [0.2, 0.25) is 0 Å². The summed E-state index contributed by atoms with van der Waals surface area (Å²) in [4.78, 5) is 14.4. The highest BCUT2D eigenvalue weighted by Gasteiger charge is 2.12. The highest BCUT2D eigenvalue weighted by molar-refractivity contribution is 5.94. The number of ether oxygens (including phenoxy) is 1. The molecule has 1 amide bonds. The Morgan fingerprint density at radius 3 is 2.64 bits per heavy atom. The van der Waals surface area contributed by atoms with Crippen LogP contribution in [0.15, 0.2) is 18.2 Å². The van der Waals surface area contributed by atoms with Crippen LogP contribution in [-0.4, -0.2) is 44.1 Å². The summed E-state index contributed by atoms with van der Waals surface area (Å²) in [7, 11) is 1.47. The molecule has 0 spiro atoms. The van der Waals surface area contributed by atoms with Crippen molar-refractivity contribution in [2.24, 2.45) is 0 Å². The Balaban J connectivity index is 1.73. The van der Waals surface area contributed by atoms with Gasteiger partial charge in [-0.2, -0.15) is 0 Å². The van der Waals surface area contributed by atoms with Crippen molar-refractivity contribution in [3.63, 3.8) is 0 Å². The van der Waals surface area contributed by atoms with E-state index in [0.29, 0.717) is 12.3 Å². The quantitative estimate of drug-likeness (QED) is 0.822. The minimum absolute atomic E-state index is 0.0653. The highest BCUT2D eigenvalue weighted by Crippen LogP contribution is 2.16.